The van der Waals surface area contributed by atoms with Crippen LogP contribution in [0.15, 0.2) is 36.4 Å². The quantitative estimate of drug-likeness (QED) is 0.726. The Bertz CT molecular complexity index is 481. The van der Waals surface area contributed by atoms with Crippen molar-refractivity contribution in [3.05, 3.63) is 36.4 Å². The molecule has 0 spiro atoms. The number of aromatic nitrogens is 1. The van der Waals surface area contributed by atoms with E-state index >= 15 is 0 Å². The Balaban J connectivity index is 2.39. The van der Waals surface area contributed by atoms with Crippen LogP contribution in [-0.4, -0.2) is 11.3 Å². The zero-order valence-electron chi connectivity index (χ0n) is 7.45. The molecule has 0 saturated heterocycles. The van der Waals surface area contributed by atoms with Crippen molar-refractivity contribution in [1.82, 2.24) is 4.98 Å². The number of hydrogen-bond donors (Lipinski definition) is 0. The fraction of sp³-hybridized carbons (Fsp3) is 0.100. The number of fused-ring (bicyclic) bond motifs is 1. The second-order valence-electron chi connectivity index (χ2n) is 2.89. The Kier molecular flexibility index (Phi) is 2.22. The maximum absolute atomic E-state index is 11.9. The standard InChI is InChI=1S/C10H6F3NO/c11-10(12,13)15-9-6-5-7-3-1-2-4-8(7)14-9/h1-6H. The monoisotopic (exact) mass is 213 g/mol. The van der Waals surface area contributed by atoms with E-state index in [1.807, 2.05) is 0 Å². The third-order valence-corrected chi connectivity index (χ3v) is 1.79. The van der Waals surface area contributed by atoms with Crippen molar-refractivity contribution in [2.75, 3.05) is 0 Å². The molecule has 2 rings (SSSR count). The Morgan fingerprint density at radius 3 is 2.47 bits per heavy atom. The highest BCUT2D eigenvalue weighted by Crippen LogP contribution is 2.22. The van der Waals surface area contributed by atoms with E-state index in [0.717, 1.165) is 5.39 Å². The van der Waals surface area contributed by atoms with Crippen molar-refractivity contribution in [2.24, 2.45) is 0 Å². The first-order valence-electron chi connectivity index (χ1n) is 4.16. The normalized spacial score (nSPS) is 11.7. The summed E-state index contributed by atoms with van der Waals surface area (Å²) in [6.07, 6.45) is -4.70. The summed E-state index contributed by atoms with van der Waals surface area (Å²) in [7, 11) is 0. The lowest BCUT2D eigenvalue weighted by atomic mass is 10.2. The van der Waals surface area contributed by atoms with Crippen LogP contribution in [-0.2, 0) is 0 Å². The fourth-order valence-electron chi connectivity index (χ4n) is 1.22. The van der Waals surface area contributed by atoms with Gasteiger partial charge in [-0.1, -0.05) is 18.2 Å². The molecule has 0 unspecified atom stereocenters. The Labute approximate surface area is 83.3 Å². The van der Waals surface area contributed by atoms with Gasteiger partial charge in [0.2, 0.25) is 5.88 Å². The van der Waals surface area contributed by atoms with Crippen LogP contribution in [0.25, 0.3) is 10.9 Å². The molecular weight excluding hydrogens is 207 g/mol. The number of pyridine rings is 1. The molecule has 0 radical (unpaired) electrons. The van der Waals surface area contributed by atoms with Crippen molar-refractivity contribution < 1.29 is 17.9 Å². The van der Waals surface area contributed by atoms with Crippen molar-refractivity contribution in [3.8, 4) is 5.88 Å². The van der Waals surface area contributed by atoms with Gasteiger partial charge in [0, 0.05) is 11.5 Å². The van der Waals surface area contributed by atoms with Crippen molar-refractivity contribution in [2.45, 2.75) is 6.36 Å². The second kappa shape index (κ2) is 3.42. The first kappa shape index (κ1) is 9.76. The Hall–Kier alpha value is -1.78. The molecule has 1 aromatic heterocycles. The largest absolute Gasteiger partial charge is 0.574 e. The molecule has 0 aliphatic rings. The average Bonchev–Trinajstić information content (AvgIpc) is 2.15. The van der Waals surface area contributed by atoms with Gasteiger partial charge in [-0.15, -0.1) is 13.2 Å². The summed E-state index contributed by atoms with van der Waals surface area (Å²) in [5.74, 6) is -0.443. The minimum atomic E-state index is -4.70. The van der Waals surface area contributed by atoms with Crippen LogP contribution in [0.2, 0.25) is 0 Å². The molecule has 0 fully saturated rings. The third kappa shape index (κ3) is 2.37. The molecule has 0 atom stereocenters. The topological polar surface area (TPSA) is 22.1 Å². The number of hydrogen-bond acceptors (Lipinski definition) is 2. The smallest absolute Gasteiger partial charge is 0.388 e. The number of halogens is 3. The molecular formula is C10H6F3NO. The van der Waals surface area contributed by atoms with Gasteiger partial charge in [-0.3, -0.25) is 0 Å². The van der Waals surface area contributed by atoms with Crippen LogP contribution in [0.4, 0.5) is 13.2 Å². The van der Waals surface area contributed by atoms with Crippen LogP contribution in [0.1, 0.15) is 0 Å². The zero-order valence-corrected chi connectivity index (χ0v) is 7.45. The van der Waals surface area contributed by atoms with Crippen molar-refractivity contribution in [1.29, 1.82) is 0 Å². The van der Waals surface area contributed by atoms with Gasteiger partial charge in [-0.25, -0.2) is 4.98 Å². The Morgan fingerprint density at radius 1 is 1.00 bits per heavy atom. The van der Waals surface area contributed by atoms with E-state index in [2.05, 4.69) is 9.72 Å². The van der Waals surface area contributed by atoms with Crippen LogP contribution in [0.5, 0.6) is 5.88 Å². The highest BCUT2D eigenvalue weighted by molar-refractivity contribution is 5.78. The molecule has 2 aromatic rings. The van der Waals surface area contributed by atoms with E-state index in [0.29, 0.717) is 5.52 Å². The lowest BCUT2D eigenvalue weighted by molar-refractivity contribution is -0.276. The summed E-state index contributed by atoms with van der Waals surface area (Å²) >= 11 is 0. The maximum atomic E-state index is 11.9. The number of para-hydroxylation sites is 1. The molecule has 0 amide bonds. The van der Waals surface area contributed by atoms with Gasteiger partial charge < -0.3 is 4.74 Å². The third-order valence-electron chi connectivity index (χ3n) is 1.79. The van der Waals surface area contributed by atoms with E-state index in [4.69, 9.17) is 0 Å². The molecule has 5 heteroatoms. The molecule has 78 valence electrons. The molecule has 0 aliphatic heterocycles. The van der Waals surface area contributed by atoms with Crippen molar-refractivity contribution in [3.63, 3.8) is 0 Å². The molecule has 1 aromatic carbocycles. The number of benzene rings is 1. The molecule has 15 heavy (non-hydrogen) atoms. The van der Waals surface area contributed by atoms with Gasteiger partial charge in [0.1, 0.15) is 0 Å². The average molecular weight is 213 g/mol. The van der Waals surface area contributed by atoms with Crippen LogP contribution in [0.3, 0.4) is 0 Å². The lowest BCUT2D eigenvalue weighted by Gasteiger charge is -2.07. The van der Waals surface area contributed by atoms with Gasteiger partial charge in [0.25, 0.3) is 0 Å². The first-order chi connectivity index (χ1) is 7.04. The number of alkyl halides is 3. The van der Waals surface area contributed by atoms with E-state index in [9.17, 15) is 13.2 Å². The highest BCUT2D eigenvalue weighted by atomic mass is 19.4. The first-order valence-corrected chi connectivity index (χ1v) is 4.16. The Morgan fingerprint density at radius 2 is 1.73 bits per heavy atom. The molecule has 2 nitrogen and oxygen atoms in total. The highest BCUT2D eigenvalue weighted by Gasteiger charge is 2.31. The second-order valence-corrected chi connectivity index (χ2v) is 2.89. The predicted molar refractivity (Wildman–Crippen MR) is 48.4 cm³/mol. The maximum Gasteiger partial charge on any atom is 0.574 e. The summed E-state index contributed by atoms with van der Waals surface area (Å²) in [5, 5.41) is 0.770. The molecule has 0 bridgehead atoms. The minimum absolute atomic E-state index is 0.443. The van der Waals surface area contributed by atoms with Crippen LogP contribution in [0, 0.1) is 0 Å². The number of ether oxygens (including phenoxy) is 1. The van der Waals surface area contributed by atoms with E-state index in [-0.39, 0.29) is 0 Å². The van der Waals surface area contributed by atoms with E-state index in [1.165, 1.54) is 12.1 Å². The lowest BCUT2D eigenvalue weighted by Crippen LogP contribution is -2.17. The summed E-state index contributed by atoms with van der Waals surface area (Å²) < 4.78 is 39.3. The van der Waals surface area contributed by atoms with Gasteiger partial charge >= 0.3 is 6.36 Å². The van der Waals surface area contributed by atoms with E-state index < -0.39 is 12.2 Å². The fourth-order valence-corrected chi connectivity index (χ4v) is 1.22. The summed E-state index contributed by atoms with van der Waals surface area (Å²) in [5.41, 5.74) is 0.472. The van der Waals surface area contributed by atoms with Gasteiger partial charge in [-0.2, -0.15) is 0 Å². The molecule has 0 N–H and O–H groups in total. The minimum Gasteiger partial charge on any atom is -0.388 e. The van der Waals surface area contributed by atoms with Crippen molar-refractivity contribution >= 4 is 10.9 Å². The SMILES string of the molecule is FC(F)(F)Oc1ccc2ccccc2n1. The number of rotatable bonds is 1. The predicted octanol–water partition coefficient (Wildman–Crippen LogP) is 3.13. The van der Waals surface area contributed by atoms with E-state index in [1.54, 1.807) is 24.3 Å². The summed E-state index contributed by atoms with van der Waals surface area (Å²) in [4.78, 5) is 3.72. The van der Waals surface area contributed by atoms with Crippen LogP contribution >= 0.6 is 0 Å². The van der Waals surface area contributed by atoms with Crippen LogP contribution < -0.4 is 4.74 Å². The molecule has 0 aliphatic carbocycles. The zero-order chi connectivity index (χ0) is 10.9. The summed E-state index contributed by atoms with van der Waals surface area (Å²) in [6.45, 7) is 0. The summed E-state index contributed by atoms with van der Waals surface area (Å²) in [6, 6.07) is 9.60. The number of nitrogens with zero attached hydrogens (tertiary/aromatic N) is 1. The van der Waals surface area contributed by atoms with Gasteiger partial charge in [-0.05, 0) is 12.1 Å². The molecule has 0 saturated carbocycles. The van der Waals surface area contributed by atoms with Gasteiger partial charge in [0.05, 0.1) is 5.52 Å². The van der Waals surface area contributed by atoms with Gasteiger partial charge in [0.15, 0.2) is 0 Å². The molecule has 1 heterocycles.